The highest BCUT2D eigenvalue weighted by molar-refractivity contribution is 7.09. The van der Waals surface area contributed by atoms with Gasteiger partial charge in [0, 0.05) is 30.0 Å². The van der Waals surface area contributed by atoms with E-state index in [0.29, 0.717) is 18.1 Å². The number of ether oxygens (including phenoxy) is 1. The zero-order valence-electron chi connectivity index (χ0n) is 14.2. The third-order valence-electron chi connectivity index (χ3n) is 3.80. The number of hydrogen-bond acceptors (Lipinski definition) is 5. The molecule has 0 atom stereocenters. The fourth-order valence-electron chi connectivity index (χ4n) is 2.53. The second kappa shape index (κ2) is 11.6. The molecule has 0 saturated carbocycles. The lowest BCUT2D eigenvalue weighted by Gasteiger charge is -2.19. The van der Waals surface area contributed by atoms with Gasteiger partial charge in [-0.05, 0) is 37.2 Å². The molecule has 0 bridgehead atoms. The summed E-state index contributed by atoms with van der Waals surface area (Å²) in [6.07, 6.45) is 1.36. The Hall–Kier alpha value is -1.05. The van der Waals surface area contributed by atoms with E-state index in [-0.39, 0.29) is 30.7 Å². The number of halogens is 3. The number of carbonyl (C=O) groups excluding carboxylic acids is 1. The number of rotatable bonds is 5. The summed E-state index contributed by atoms with van der Waals surface area (Å²) in [5.41, 5.74) is 0.817. The second-order valence-electron chi connectivity index (χ2n) is 5.64. The maximum absolute atomic E-state index is 12.4. The van der Waals surface area contributed by atoms with Crippen LogP contribution in [-0.4, -0.2) is 42.0 Å². The molecule has 3 rings (SSSR count). The summed E-state index contributed by atoms with van der Waals surface area (Å²) < 4.78 is 5.68. The molecule has 1 saturated heterocycles. The van der Waals surface area contributed by atoms with Crippen LogP contribution in [0.25, 0.3) is 0 Å². The molecule has 144 valence electrons. The zero-order chi connectivity index (χ0) is 16.8. The molecule has 0 aliphatic carbocycles. The summed E-state index contributed by atoms with van der Waals surface area (Å²) in [5, 5.41) is 6.79. The van der Waals surface area contributed by atoms with Gasteiger partial charge in [0.25, 0.3) is 0 Å². The fraction of sp³-hybridized carbons (Fsp3) is 0.412. The van der Waals surface area contributed by atoms with Crippen molar-refractivity contribution in [2.24, 2.45) is 0 Å². The Balaban J connectivity index is 0.00000169. The SMILES string of the molecule is Cl.Cl.O=C(Cc1csc(COc2ccc(Cl)cc2)n1)N1CCCNCC1. The largest absolute Gasteiger partial charge is 0.486 e. The Morgan fingerprint density at radius 1 is 1.23 bits per heavy atom. The van der Waals surface area contributed by atoms with Gasteiger partial charge in [-0.2, -0.15) is 0 Å². The molecule has 1 aliphatic heterocycles. The first-order valence-electron chi connectivity index (χ1n) is 8.01. The normalized spacial score (nSPS) is 14.0. The van der Waals surface area contributed by atoms with Crippen LogP contribution >= 0.6 is 47.8 Å². The van der Waals surface area contributed by atoms with E-state index in [1.54, 1.807) is 12.1 Å². The molecule has 1 fully saturated rings. The molecule has 2 aromatic rings. The minimum absolute atomic E-state index is 0. The van der Waals surface area contributed by atoms with Crippen LogP contribution in [0.15, 0.2) is 29.6 Å². The smallest absolute Gasteiger partial charge is 0.228 e. The van der Waals surface area contributed by atoms with Gasteiger partial charge in [-0.15, -0.1) is 36.2 Å². The van der Waals surface area contributed by atoms with Crippen molar-refractivity contribution in [1.82, 2.24) is 15.2 Å². The van der Waals surface area contributed by atoms with E-state index in [4.69, 9.17) is 16.3 Å². The van der Waals surface area contributed by atoms with E-state index < -0.39 is 0 Å². The summed E-state index contributed by atoms with van der Waals surface area (Å²) in [4.78, 5) is 18.8. The van der Waals surface area contributed by atoms with E-state index in [1.807, 2.05) is 22.4 Å². The summed E-state index contributed by atoms with van der Waals surface area (Å²) in [5.74, 6) is 0.901. The first-order chi connectivity index (χ1) is 11.7. The summed E-state index contributed by atoms with van der Waals surface area (Å²) in [6, 6.07) is 7.24. The predicted molar refractivity (Wildman–Crippen MR) is 110 cm³/mol. The van der Waals surface area contributed by atoms with E-state index in [0.717, 1.165) is 49.1 Å². The van der Waals surface area contributed by atoms with E-state index in [9.17, 15) is 4.79 Å². The van der Waals surface area contributed by atoms with Crippen LogP contribution in [0.3, 0.4) is 0 Å². The Morgan fingerprint density at radius 2 is 2.00 bits per heavy atom. The molecular formula is C17H22Cl3N3O2S. The second-order valence-corrected chi connectivity index (χ2v) is 7.02. The van der Waals surface area contributed by atoms with E-state index >= 15 is 0 Å². The summed E-state index contributed by atoms with van der Waals surface area (Å²) in [6.45, 7) is 3.84. The van der Waals surface area contributed by atoms with Crippen molar-refractivity contribution in [2.75, 3.05) is 26.2 Å². The fourth-order valence-corrected chi connectivity index (χ4v) is 3.37. The number of amides is 1. The Kier molecular flexibility index (Phi) is 10.3. The van der Waals surface area contributed by atoms with Crippen molar-refractivity contribution < 1.29 is 9.53 Å². The minimum atomic E-state index is 0. The van der Waals surface area contributed by atoms with E-state index in [1.165, 1.54) is 11.3 Å². The lowest BCUT2D eigenvalue weighted by Crippen LogP contribution is -2.35. The third-order valence-corrected chi connectivity index (χ3v) is 4.92. The van der Waals surface area contributed by atoms with Gasteiger partial charge in [-0.25, -0.2) is 4.98 Å². The predicted octanol–water partition coefficient (Wildman–Crippen LogP) is 3.58. The molecule has 26 heavy (non-hydrogen) atoms. The quantitative estimate of drug-likeness (QED) is 0.775. The van der Waals surface area contributed by atoms with Crippen LogP contribution in [0, 0.1) is 0 Å². The lowest BCUT2D eigenvalue weighted by atomic mass is 10.3. The number of benzene rings is 1. The van der Waals surface area contributed by atoms with Crippen LogP contribution in [0.5, 0.6) is 5.75 Å². The van der Waals surface area contributed by atoms with Crippen molar-refractivity contribution >= 4 is 53.7 Å². The van der Waals surface area contributed by atoms with Gasteiger partial charge in [0.1, 0.15) is 17.4 Å². The van der Waals surface area contributed by atoms with Crippen molar-refractivity contribution in [3.63, 3.8) is 0 Å². The first-order valence-corrected chi connectivity index (χ1v) is 9.26. The molecule has 1 N–H and O–H groups in total. The number of nitrogens with one attached hydrogen (secondary N) is 1. The molecule has 9 heteroatoms. The van der Waals surface area contributed by atoms with Crippen LogP contribution in [-0.2, 0) is 17.8 Å². The number of hydrogen-bond donors (Lipinski definition) is 1. The zero-order valence-corrected chi connectivity index (χ0v) is 17.4. The number of carbonyl (C=O) groups is 1. The molecule has 1 aromatic carbocycles. The van der Waals surface area contributed by atoms with Crippen LogP contribution in [0.1, 0.15) is 17.1 Å². The van der Waals surface area contributed by atoms with Crippen molar-refractivity contribution in [2.45, 2.75) is 19.4 Å². The molecule has 0 spiro atoms. The lowest BCUT2D eigenvalue weighted by molar-refractivity contribution is -0.130. The van der Waals surface area contributed by atoms with Crippen molar-refractivity contribution in [1.29, 1.82) is 0 Å². The molecule has 1 aromatic heterocycles. The summed E-state index contributed by atoms with van der Waals surface area (Å²) >= 11 is 7.37. The van der Waals surface area contributed by atoms with Gasteiger partial charge in [-0.1, -0.05) is 11.6 Å². The van der Waals surface area contributed by atoms with Crippen molar-refractivity contribution in [3.8, 4) is 5.75 Å². The number of thiazole rings is 1. The van der Waals surface area contributed by atoms with Crippen LogP contribution in [0.2, 0.25) is 5.02 Å². The maximum Gasteiger partial charge on any atom is 0.228 e. The standard InChI is InChI=1S/C17H20ClN3O2S.2ClH/c18-13-2-4-15(5-3-13)23-11-16-20-14(12-24-16)10-17(22)21-8-1-6-19-7-9-21;;/h2-5,12,19H,1,6-11H2;2*1H. The van der Waals surface area contributed by atoms with Crippen molar-refractivity contribution in [3.05, 3.63) is 45.4 Å². The van der Waals surface area contributed by atoms with Crippen LogP contribution < -0.4 is 10.1 Å². The highest BCUT2D eigenvalue weighted by atomic mass is 35.5. The minimum Gasteiger partial charge on any atom is -0.486 e. The van der Waals surface area contributed by atoms with Gasteiger partial charge in [0.15, 0.2) is 0 Å². The van der Waals surface area contributed by atoms with Gasteiger partial charge in [0.2, 0.25) is 5.91 Å². The molecule has 1 amide bonds. The summed E-state index contributed by atoms with van der Waals surface area (Å²) in [7, 11) is 0. The maximum atomic E-state index is 12.4. The van der Waals surface area contributed by atoms with Gasteiger partial charge in [0.05, 0.1) is 12.1 Å². The molecule has 1 aliphatic rings. The van der Waals surface area contributed by atoms with Gasteiger partial charge < -0.3 is 15.0 Å². The molecule has 0 radical (unpaired) electrons. The molecule has 2 heterocycles. The van der Waals surface area contributed by atoms with Gasteiger partial charge >= 0.3 is 0 Å². The van der Waals surface area contributed by atoms with E-state index in [2.05, 4.69) is 10.3 Å². The average molecular weight is 439 g/mol. The molecule has 5 nitrogen and oxygen atoms in total. The number of aromatic nitrogens is 1. The average Bonchev–Trinajstić information content (AvgIpc) is 2.85. The third kappa shape index (κ3) is 6.93. The van der Waals surface area contributed by atoms with Crippen LogP contribution in [0.4, 0.5) is 0 Å². The Labute approximate surface area is 174 Å². The molecule has 0 unspecified atom stereocenters. The highest BCUT2D eigenvalue weighted by Crippen LogP contribution is 2.18. The Morgan fingerprint density at radius 3 is 2.77 bits per heavy atom. The topological polar surface area (TPSA) is 54.5 Å². The van der Waals surface area contributed by atoms with Gasteiger partial charge in [-0.3, -0.25) is 4.79 Å². The highest BCUT2D eigenvalue weighted by Gasteiger charge is 2.17. The molecular weight excluding hydrogens is 417 g/mol. The first kappa shape index (κ1) is 23.0. The monoisotopic (exact) mass is 437 g/mol. The number of nitrogens with zero attached hydrogens (tertiary/aromatic N) is 2. The Bertz CT molecular complexity index is 674.